The van der Waals surface area contributed by atoms with E-state index in [-0.39, 0.29) is 18.2 Å². The normalized spacial score (nSPS) is 12.4. The summed E-state index contributed by atoms with van der Waals surface area (Å²) in [5.74, 6) is 0.488. The van der Waals surface area contributed by atoms with Crippen molar-refractivity contribution in [2.24, 2.45) is 0 Å². The van der Waals surface area contributed by atoms with E-state index in [4.69, 9.17) is 9.47 Å². The number of anilines is 2. The Morgan fingerprint density at radius 1 is 0.920 bits per heavy atom. The predicted molar refractivity (Wildman–Crippen MR) is 95.2 cm³/mol. The summed E-state index contributed by atoms with van der Waals surface area (Å²) >= 11 is 0. The zero-order valence-electron chi connectivity index (χ0n) is 14.2. The van der Waals surface area contributed by atoms with E-state index < -0.39 is 0 Å². The van der Waals surface area contributed by atoms with E-state index in [2.05, 4.69) is 10.6 Å². The lowest BCUT2D eigenvalue weighted by molar-refractivity contribution is -0.123. The van der Waals surface area contributed by atoms with E-state index in [1.807, 2.05) is 32.0 Å². The van der Waals surface area contributed by atoms with Gasteiger partial charge in [0.15, 0.2) is 11.5 Å². The van der Waals surface area contributed by atoms with Gasteiger partial charge >= 0.3 is 0 Å². The second-order valence-corrected chi connectivity index (χ2v) is 5.95. The Hall–Kier alpha value is -3.02. The number of aryl methyl sites for hydroxylation is 2. The molecular weight excluding hydrogens is 320 g/mol. The number of ether oxygens (including phenoxy) is 2. The highest BCUT2D eigenvalue weighted by Gasteiger charge is 2.14. The summed E-state index contributed by atoms with van der Waals surface area (Å²) in [5, 5.41) is 5.46. The molecular formula is C19H20N2O4. The molecule has 130 valence electrons. The maximum Gasteiger partial charge on any atom is 0.233 e. The number of hydrogen-bond acceptors (Lipinski definition) is 4. The average molecular weight is 340 g/mol. The van der Waals surface area contributed by atoms with E-state index in [0.717, 1.165) is 11.1 Å². The van der Waals surface area contributed by atoms with Gasteiger partial charge in [0.1, 0.15) is 19.6 Å². The van der Waals surface area contributed by atoms with Crippen LogP contribution in [0.1, 0.15) is 17.5 Å². The van der Waals surface area contributed by atoms with Gasteiger partial charge in [-0.2, -0.15) is 0 Å². The number of rotatable bonds is 4. The third kappa shape index (κ3) is 4.29. The van der Waals surface area contributed by atoms with Crippen molar-refractivity contribution in [1.82, 2.24) is 0 Å². The fraction of sp³-hybridized carbons (Fsp3) is 0.263. The molecule has 2 aromatic carbocycles. The van der Waals surface area contributed by atoms with Gasteiger partial charge < -0.3 is 20.1 Å². The van der Waals surface area contributed by atoms with Gasteiger partial charge in [0.2, 0.25) is 11.8 Å². The van der Waals surface area contributed by atoms with Crippen molar-refractivity contribution in [1.29, 1.82) is 0 Å². The topological polar surface area (TPSA) is 76.7 Å². The average Bonchev–Trinajstić information content (AvgIpc) is 2.57. The first-order chi connectivity index (χ1) is 12.0. The molecule has 3 rings (SSSR count). The van der Waals surface area contributed by atoms with Crippen LogP contribution in [0.4, 0.5) is 11.4 Å². The van der Waals surface area contributed by atoms with Gasteiger partial charge in [0.05, 0.1) is 0 Å². The molecule has 0 aromatic heterocycles. The number of carbonyl (C=O) groups excluding carboxylic acids is 2. The quantitative estimate of drug-likeness (QED) is 0.839. The Morgan fingerprint density at radius 3 is 2.40 bits per heavy atom. The third-order valence-electron chi connectivity index (χ3n) is 3.80. The predicted octanol–water partition coefficient (Wildman–Crippen LogP) is 3.04. The number of amides is 2. The largest absolute Gasteiger partial charge is 0.486 e. The van der Waals surface area contributed by atoms with Crippen LogP contribution in [0, 0.1) is 13.8 Å². The molecule has 0 saturated carbocycles. The molecule has 1 heterocycles. The molecule has 1 aliphatic heterocycles. The highest BCUT2D eigenvalue weighted by atomic mass is 16.6. The number of nitrogens with one attached hydrogen (secondary N) is 2. The second-order valence-electron chi connectivity index (χ2n) is 5.95. The molecule has 2 aromatic rings. The van der Waals surface area contributed by atoms with Crippen LogP contribution in [0.5, 0.6) is 11.5 Å². The second kappa shape index (κ2) is 7.25. The molecule has 2 N–H and O–H groups in total. The molecule has 2 amide bonds. The molecule has 6 nitrogen and oxygen atoms in total. The van der Waals surface area contributed by atoms with Crippen LogP contribution in [0.2, 0.25) is 0 Å². The van der Waals surface area contributed by atoms with Gasteiger partial charge in [-0.15, -0.1) is 0 Å². The smallest absolute Gasteiger partial charge is 0.233 e. The summed E-state index contributed by atoms with van der Waals surface area (Å²) in [4.78, 5) is 24.1. The number of hydrogen-bond donors (Lipinski definition) is 2. The van der Waals surface area contributed by atoms with Crippen molar-refractivity contribution in [2.75, 3.05) is 23.8 Å². The summed E-state index contributed by atoms with van der Waals surface area (Å²) in [6.45, 7) is 4.89. The SMILES string of the molecule is Cc1ccc(NC(=O)CC(=O)Nc2ccc3c(c2)OCCO3)c(C)c1. The Kier molecular flexibility index (Phi) is 4.88. The third-order valence-corrected chi connectivity index (χ3v) is 3.80. The van der Waals surface area contributed by atoms with Crippen LogP contribution in [-0.4, -0.2) is 25.0 Å². The molecule has 0 aliphatic carbocycles. The van der Waals surface area contributed by atoms with Crippen molar-refractivity contribution in [3.63, 3.8) is 0 Å². The highest BCUT2D eigenvalue weighted by molar-refractivity contribution is 6.08. The first-order valence-electron chi connectivity index (χ1n) is 8.08. The monoisotopic (exact) mass is 340 g/mol. The zero-order valence-corrected chi connectivity index (χ0v) is 14.2. The van der Waals surface area contributed by atoms with Crippen LogP contribution < -0.4 is 20.1 Å². The summed E-state index contributed by atoms with van der Waals surface area (Å²) in [6, 6.07) is 10.9. The van der Waals surface area contributed by atoms with E-state index in [1.54, 1.807) is 18.2 Å². The highest BCUT2D eigenvalue weighted by Crippen LogP contribution is 2.32. The molecule has 25 heavy (non-hydrogen) atoms. The van der Waals surface area contributed by atoms with E-state index in [9.17, 15) is 9.59 Å². The van der Waals surface area contributed by atoms with E-state index in [0.29, 0.717) is 36.1 Å². The minimum atomic E-state index is -0.390. The van der Waals surface area contributed by atoms with Crippen molar-refractivity contribution in [2.45, 2.75) is 20.3 Å². The first-order valence-corrected chi connectivity index (χ1v) is 8.08. The maximum atomic E-state index is 12.1. The lowest BCUT2D eigenvalue weighted by atomic mass is 10.1. The fourth-order valence-corrected chi connectivity index (χ4v) is 2.62. The van der Waals surface area contributed by atoms with Crippen LogP contribution in [-0.2, 0) is 9.59 Å². The minimum Gasteiger partial charge on any atom is -0.486 e. The van der Waals surface area contributed by atoms with Crippen molar-refractivity contribution < 1.29 is 19.1 Å². The molecule has 0 unspecified atom stereocenters. The Bertz CT molecular complexity index is 817. The molecule has 6 heteroatoms. The van der Waals surface area contributed by atoms with Gasteiger partial charge in [0.25, 0.3) is 0 Å². The van der Waals surface area contributed by atoms with Crippen molar-refractivity contribution in [3.05, 3.63) is 47.5 Å². The van der Waals surface area contributed by atoms with Gasteiger partial charge in [-0.1, -0.05) is 17.7 Å². The minimum absolute atomic E-state index is 0.262. The molecule has 0 saturated heterocycles. The number of benzene rings is 2. The van der Waals surface area contributed by atoms with E-state index >= 15 is 0 Å². The molecule has 0 bridgehead atoms. The number of fused-ring (bicyclic) bond motifs is 1. The molecule has 1 aliphatic rings. The van der Waals surface area contributed by atoms with Gasteiger partial charge in [-0.05, 0) is 37.6 Å². The molecule has 0 radical (unpaired) electrons. The van der Waals surface area contributed by atoms with Crippen molar-refractivity contribution in [3.8, 4) is 11.5 Å². The van der Waals surface area contributed by atoms with Gasteiger partial charge in [-0.25, -0.2) is 0 Å². The summed E-state index contributed by atoms with van der Waals surface area (Å²) in [5.41, 5.74) is 3.35. The molecule has 0 atom stereocenters. The zero-order chi connectivity index (χ0) is 17.8. The fourth-order valence-electron chi connectivity index (χ4n) is 2.62. The first kappa shape index (κ1) is 16.8. The van der Waals surface area contributed by atoms with Gasteiger partial charge in [0, 0.05) is 17.4 Å². The molecule has 0 fully saturated rings. The lowest BCUT2D eigenvalue weighted by Gasteiger charge is -2.19. The molecule has 0 spiro atoms. The van der Waals surface area contributed by atoms with Gasteiger partial charge in [-0.3, -0.25) is 9.59 Å². The Morgan fingerprint density at radius 2 is 1.64 bits per heavy atom. The maximum absolute atomic E-state index is 12.1. The number of carbonyl (C=O) groups is 2. The van der Waals surface area contributed by atoms with E-state index in [1.165, 1.54) is 0 Å². The van der Waals surface area contributed by atoms with Crippen LogP contribution in [0.15, 0.2) is 36.4 Å². The Labute approximate surface area is 146 Å². The van der Waals surface area contributed by atoms with Crippen LogP contribution in [0.3, 0.4) is 0 Å². The van der Waals surface area contributed by atoms with Crippen LogP contribution in [0.25, 0.3) is 0 Å². The Balaban J connectivity index is 1.57. The summed E-state index contributed by atoms with van der Waals surface area (Å²) < 4.78 is 10.9. The lowest BCUT2D eigenvalue weighted by Crippen LogP contribution is -2.22. The standard InChI is InChI=1S/C19H20N2O4/c1-12-3-5-15(13(2)9-12)21-19(23)11-18(22)20-14-4-6-16-17(10-14)25-8-7-24-16/h3-6,9-10H,7-8,11H2,1-2H3,(H,20,22)(H,21,23). The summed E-state index contributed by atoms with van der Waals surface area (Å²) in [7, 11) is 0. The van der Waals surface area contributed by atoms with Crippen LogP contribution >= 0.6 is 0 Å². The summed E-state index contributed by atoms with van der Waals surface area (Å²) in [6.07, 6.45) is -0.262. The van der Waals surface area contributed by atoms with Crippen molar-refractivity contribution >= 4 is 23.2 Å².